The highest BCUT2D eigenvalue weighted by atomic mass is 19.1. The maximum Gasteiger partial charge on any atom is 0.409 e. The standard InChI is InChI=1S/C29H38FN3O4/c1-3-4-18-36-29(35)33-16-12-21(13-17-33)26-6-5-7-27(31-26)37-20-24-9-8-23(19-25(24)30)28(34)22-10-14-32(2)15-11-22/h5-9,19,21-22H,3-4,10-18,20H2,1-2H3. The Morgan fingerprint density at radius 1 is 1.05 bits per heavy atom. The van der Waals surface area contributed by atoms with Gasteiger partial charge in [-0.1, -0.05) is 31.5 Å². The minimum atomic E-state index is -0.437. The average Bonchev–Trinajstić information content (AvgIpc) is 2.92. The number of pyridine rings is 1. The van der Waals surface area contributed by atoms with Crippen LogP contribution in [0.4, 0.5) is 9.18 Å². The first-order valence-corrected chi connectivity index (χ1v) is 13.5. The number of aromatic nitrogens is 1. The summed E-state index contributed by atoms with van der Waals surface area (Å²) in [5.41, 5.74) is 1.73. The molecule has 0 unspecified atom stereocenters. The number of amides is 1. The number of hydrogen-bond acceptors (Lipinski definition) is 6. The Bertz CT molecular complexity index is 1060. The van der Waals surface area contributed by atoms with E-state index in [-0.39, 0.29) is 30.3 Å². The van der Waals surface area contributed by atoms with Gasteiger partial charge in [0.1, 0.15) is 12.4 Å². The van der Waals surface area contributed by atoms with Crippen LogP contribution < -0.4 is 4.74 Å². The zero-order valence-corrected chi connectivity index (χ0v) is 22.0. The Morgan fingerprint density at radius 2 is 1.81 bits per heavy atom. The molecule has 4 rings (SSSR count). The molecule has 2 fully saturated rings. The first kappa shape index (κ1) is 27.0. The lowest BCUT2D eigenvalue weighted by atomic mass is 9.89. The van der Waals surface area contributed by atoms with Crippen LogP contribution in [-0.4, -0.2) is 66.5 Å². The molecule has 8 heteroatoms. The lowest BCUT2D eigenvalue weighted by molar-refractivity contribution is 0.0855. The predicted molar refractivity (Wildman–Crippen MR) is 139 cm³/mol. The smallest absolute Gasteiger partial charge is 0.409 e. The van der Waals surface area contributed by atoms with Crippen LogP contribution in [0.1, 0.15) is 73.0 Å². The summed E-state index contributed by atoms with van der Waals surface area (Å²) in [5.74, 6) is 0.208. The lowest BCUT2D eigenvalue weighted by Crippen LogP contribution is -2.38. The number of hydrogen-bond donors (Lipinski definition) is 0. The van der Waals surface area contributed by atoms with E-state index in [0.29, 0.717) is 36.7 Å². The third-order valence-corrected chi connectivity index (χ3v) is 7.44. The van der Waals surface area contributed by atoms with E-state index in [1.165, 1.54) is 6.07 Å². The number of Topliss-reactive ketones (excluding diaryl/α,β-unsaturated/α-hetero) is 1. The predicted octanol–water partition coefficient (Wildman–Crippen LogP) is 5.44. The topological polar surface area (TPSA) is 72.0 Å². The van der Waals surface area contributed by atoms with E-state index in [2.05, 4.69) is 23.9 Å². The van der Waals surface area contributed by atoms with Gasteiger partial charge in [-0.3, -0.25) is 4.79 Å². The summed E-state index contributed by atoms with van der Waals surface area (Å²) < 4.78 is 26.0. The molecule has 0 radical (unpaired) electrons. The number of nitrogens with zero attached hydrogens (tertiary/aromatic N) is 3. The fourth-order valence-electron chi connectivity index (χ4n) is 4.97. The molecule has 1 amide bonds. The Hall–Kier alpha value is -3.00. The highest BCUT2D eigenvalue weighted by Gasteiger charge is 2.26. The molecule has 37 heavy (non-hydrogen) atoms. The molecule has 2 saturated heterocycles. The summed E-state index contributed by atoms with van der Waals surface area (Å²) in [6, 6.07) is 10.3. The minimum absolute atomic E-state index is 0.0223. The van der Waals surface area contributed by atoms with Crippen LogP contribution in [0.25, 0.3) is 0 Å². The van der Waals surface area contributed by atoms with Crippen LogP contribution in [0.15, 0.2) is 36.4 Å². The Labute approximate surface area is 219 Å². The Kier molecular flexibility index (Phi) is 9.50. The maximum atomic E-state index is 14.8. The average molecular weight is 512 g/mol. The first-order valence-electron chi connectivity index (χ1n) is 13.5. The molecule has 2 aliphatic rings. The summed E-state index contributed by atoms with van der Waals surface area (Å²) in [7, 11) is 2.05. The molecule has 1 aromatic carbocycles. The van der Waals surface area contributed by atoms with Crippen molar-refractivity contribution in [3.63, 3.8) is 0 Å². The second kappa shape index (κ2) is 13.0. The minimum Gasteiger partial charge on any atom is -0.473 e. The van der Waals surface area contributed by atoms with Gasteiger partial charge in [-0.15, -0.1) is 0 Å². The maximum absolute atomic E-state index is 14.8. The van der Waals surface area contributed by atoms with E-state index in [4.69, 9.17) is 9.47 Å². The summed E-state index contributed by atoms with van der Waals surface area (Å²) in [6.45, 7) is 5.62. The van der Waals surface area contributed by atoms with Gasteiger partial charge >= 0.3 is 6.09 Å². The van der Waals surface area contributed by atoms with Crippen molar-refractivity contribution in [2.24, 2.45) is 5.92 Å². The molecule has 200 valence electrons. The number of benzene rings is 1. The van der Waals surface area contributed by atoms with Crippen molar-refractivity contribution in [1.82, 2.24) is 14.8 Å². The summed E-state index contributed by atoms with van der Waals surface area (Å²) >= 11 is 0. The fourth-order valence-corrected chi connectivity index (χ4v) is 4.97. The third kappa shape index (κ3) is 7.28. The first-order chi connectivity index (χ1) is 17.9. The zero-order chi connectivity index (χ0) is 26.2. The number of carbonyl (C=O) groups is 2. The number of unbranched alkanes of at least 4 members (excludes halogenated alkanes) is 1. The highest BCUT2D eigenvalue weighted by Crippen LogP contribution is 2.28. The van der Waals surface area contributed by atoms with Crippen LogP contribution in [-0.2, 0) is 11.3 Å². The highest BCUT2D eigenvalue weighted by molar-refractivity contribution is 5.98. The monoisotopic (exact) mass is 511 g/mol. The molecule has 0 atom stereocenters. The molecule has 0 saturated carbocycles. The molecule has 3 heterocycles. The molecule has 0 N–H and O–H groups in total. The van der Waals surface area contributed by atoms with Gasteiger partial charge in [0.25, 0.3) is 0 Å². The second-order valence-electron chi connectivity index (χ2n) is 10.2. The van der Waals surface area contributed by atoms with Crippen molar-refractivity contribution >= 4 is 11.9 Å². The number of piperidine rings is 2. The Morgan fingerprint density at radius 3 is 2.51 bits per heavy atom. The third-order valence-electron chi connectivity index (χ3n) is 7.44. The van der Waals surface area contributed by atoms with E-state index in [0.717, 1.165) is 57.3 Å². The molecule has 2 aliphatic heterocycles. The van der Waals surface area contributed by atoms with E-state index in [1.54, 1.807) is 23.1 Å². The van der Waals surface area contributed by atoms with Gasteiger partial charge in [0.15, 0.2) is 5.78 Å². The van der Waals surface area contributed by atoms with Gasteiger partial charge in [-0.05, 0) is 64.4 Å². The van der Waals surface area contributed by atoms with Crippen molar-refractivity contribution in [3.8, 4) is 5.88 Å². The fraction of sp³-hybridized carbons (Fsp3) is 0.552. The quantitative estimate of drug-likeness (QED) is 0.330. The van der Waals surface area contributed by atoms with Gasteiger partial charge in [0.2, 0.25) is 5.88 Å². The summed E-state index contributed by atoms with van der Waals surface area (Å²) in [4.78, 5) is 33.6. The van der Waals surface area contributed by atoms with Gasteiger partial charge in [-0.25, -0.2) is 14.2 Å². The van der Waals surface area contributed by atoms with Gasteiger partial charge < -0.3 is 19.3 Å². The normalized spacial score (nSPS) is 17.5. The number of ketones is 1. The molecule has 2 aromatic rings. The molecule has 0 bridgehead atoms. The number of halogens is 1. The van der Waals surface area contributed by atoms with E-state index in [9.17, 15) is 14.0 Å². The van der Waals surface area contributed by atoms with Crippen molar-refractivity contribution < 1.29 is 23.5 Å². The van der Waals surface area contributed by atoms with Crippen LogP contribution in [0, 0.1) is 11.7 Å². The van der Waals surface area contributed by atoms with E-state index >= 15 is 0 Å². The molecular formula is C29H38FN3O4. The largest absolute Gasteiger partial charge is 0.473 e. The zero-order valence-electron chi connectivity index (χ0n) is 22.0. The van der Waals surface area contributed by atoms with E-state index in [1.807, 2.05) is 12.1 Å². The van der Waals surface area contributed by atoms with Crippen LogP contribution >= 0.6 is 0 Å². The van der Waals surface area contributed by atoms with Crippen molar-refractivity contribution in [2.45, 2.75) is 58.0 Å². The second-order valence-corrected chi connectivity index (χ2v) is 10.2. The Balaban J connectivity index is 1.29. The lowest BCUT2D eigenvalue weighted by Gasteiger charge is -2.31. The summed E-state index contributed by atoms with van der Waals surface area (Å²) in [5, 5.41) is 0. The van der Waals surface area contributed by atoms with Crippen molar-refractivity contribution in [2.75, 3.05) is 39.8 Å². The molecule has 7 nitrogen and oxygen atoms in total. The van der Waals surface area contributed by atoms with E-state index < -0.39 is 5.82 Å². The number of likely N-dealkylation sites (tertiary alicyclic amines) is 2. The van der Waals surface area contributed by atoms with Crippen LogP contribution in [0.2, 0.25) is 0 Å². The van der Waals surface area contributed by atoms with Gasteiger partial charge in [0, 0.05) is 47.8 Å². The molecular weight excluding hydrogens is 473 g/mol. The molecule has 1 aromatic heterocycles. The molecule has 0 aliphatic carbocycles. The van der Waals surface area contributed by atoms with Crippen LogP contribution in [0.5, 0.6) is 5.88 Å². The summed E-state index contributed by atoms with van der Waals surface area (Å²) in [6.07, 6.45) is 4.87. The van der Waals surface area contributed by atoms with Crippen molar-refractivity contribution in [1.29, 1.82) is 0 Å². The number of rotatable bonds is 9. The van der Waals surface area contributed by atoms with Crippen LogP contribution in [0.3, 0.4) is 0 Å². The number of ether oxygens (including phenoxy) is 2. The number of carbonyl (C=O) groups excluding carboxylic acids is 2. The van der Waals surface area contributed by atoms with Gasteiger partial charge in [0.05, 0.1) is 6.61 Å². The SMILES string of the molecule is CCCCOC(=O)N1CCC(c2cccc(OCc3ccc(C(=O)C4CCN(C)CC4)cc3F)n2)CC1. The van der Waals surface area contributed by atoms with Gasteiger partial charge in [-0.2, -0.15) is 0 Å². The van der Waals surface area contributed by atoms with Crippen molar-refractivity contribution in [3.05, 3.63) is 59.0 Å². The molecule has 0 spiro atoms.